The summed E-state index contributed by atoms with van der Waals surface area (Å²) in [5, 5.41) is 4.76. The first-order chi connectivity index (χ1) is 9.25. The molecule has 3 rings (SSSR count). The van der Waals surface area contributed by atoms with Crippen LogP contribution in [-0.2, 0) is 6.54 Å². The molecule has 0 bridgehead atoms. The Morgan fingerprint density at radius 1 is 1.11 bits per heavy atom. The average molecular weight is 315 g/mol. The Bertz CT molecular complexity index is 716. The predicted octanol–water partition coefficient (Wildman–Crippen LogP) is 4.85. The number of nitrogens with one attached hydrogen (secondary N) is 2. The van der Waals surface area contributed by atoms with Crippen LogP contribution in [0.1, 0.15) is 11.1 Å². The van der Waals surface area contributed by atoms with Gasteiger partial charge in [0.05, 0.1) is 0 Å². The number of hydrogen-bond acceptors (Lipinski definition) is 1. The summed E-state index contributed by atoms with van der Waals surface area (Å²) in [5.74, 6) is 0. The van der Waals surface area contributed by atoms with Gasteiger partial charge in [-0.2, -0.15) is 0 Å². The van der Waals surface area contributed by atoms with E-state index >= 15 is 0 Å². The molecular formula is C16H15BrN2. The van der Waals surface area contributed by atoms with Crippen molar-refractivity contribution in [1.82, 2.24) is 4.98 Å². The van der Waals surface area contributed by atoms with Gasteiger partial charge < -0.3 is 10.3 Å². The van der Waals surface area contributed by atoms with Crippen molar-refractivity contribution in [1.29, 1.82) is 0 Å². The van der Waals surface area contributed by atoms with Crippen molar-refractivity contribution in [3.05, 3.63) is 64.3 Å². The molecule has 2 nitrogen and oxygen atoms in total. The summed E-state index contributed by atoms with van der Waals surface area (Å²) in [7, 11) is 0. The van der Waals surface area contributed by atoms with Crippen LogP contribution in [0.25, 0.3) is 10.9 Å². The van der Waals surface area contributed by atoms with Gasteiger partial charge in [0.15, 0.2) is 0 Å². The number of aromatic nitrogens is 1. The SMILES string of the molecule is Cc1cccc(NCc2c[nH]c3ccccc23)c1Br. The number of aryl methyl sites for hydroxylation is 1. The Morgan fingerprint density at radius 3 is 2.84 bits per heavy atom. The van der Waals surface area contributed by atoms with Crippen LogP contribution in [0.2, 0.25) is 0 Å². The molecule has 0 atom stereocenters. The molecule has 0 radical (unpaired) electrons. The first-order valence-corrected chi connectivity index (χ1v) is 7.09. The van der Waals surface area contributed by atoms with Gasteiger partial charge in [0, 0.05) is 33.8 Å². The van der Waals surface area contributed by atoms with E-state index in [2.05, 4.69) is 75.7 Å². The van der Waals surface area contributed by atoms with Gasteiger partial charge in [0.25, 0.3) is 0 Å². The summed E-state index contributed by atoms with van der Waals surface area (Å²) >= 11 is 3.62. The summed E-state index contributed by atoms with van der Waals surface area (Å²) < 4.78 is 1.13. The topological polar surface area (TPSA) is 27.8 Å². The number of fused-ring (bicyclic) bond motifs is 1. The molecule has 0 aliphatic carbocycles. The Hall–Kier alpha value is -1.74. The van der Waals surface area contributed by atoms with Gasteiger partial charge in [-0.3, -0.25) is 0 Å². The monoisotopic (exact) mass is 314 g/mol. The number of halogens is 1. The van der Waals surface area contributed by atoms with Crippen LogP contribution in [0.3, 0.4) is 0 Å². The summed E-state index contributed by atoms with van der Waals surface area (Å²) in [6, 6.07) is 14.6. The molecule has 2 aromatic carbocycles. The summed E-state index contributed by atoms with van der Waals surface area (Å²) in [6.45, 7) is 2.91. The van der Waals surface area contributed by atoms with Gasteiger partial charge in [-0.05, 0) is 46.1 Å². The third-order valence-electron chi connectivity index (χ3n) is 3.34. The highest BCUT2D eigenvalue weighted by Gasteiger charge is 2.05. The van der Waals surface area contributed by atoms with Crippen LogP contribution < -0.4 is 5.32 Å². The van der Waals surface area contributed by atoms with Gasteiger partial charge in [-0.25, -0.2) is 0 Å². The zero-order valence-corrected chi connectivity index (χ0v) is 12.3. The van der Waals surface area contributed by atoms with Gasteiger partial charge >= 0.3 is 0 Å². The number of rotatable bonds is 3. The van der Waals surface area contributed by atoms with Crippen molar-refractivity contribution in [3.8, 4) is 0 Å². The molecule has 0 saturated carbocycles. The zero-order valence-electron chi connectivity index (χ0n) is 10.7. The summed E-state index contributed by atoms with van der Waals surface area (Å²) in [5.41, 5.74) is 4.83. The van der Waals surface area contributed by atoms with E-state index in [4.69, 9.17) is 0 Å². The number of para-hydroxylation sites is 1. The largest absolute Gasteiger partial charge is 0.380 e. The lowest BCUT2D eigenvalue weighted by molar-refractivity contribution is 1.15. The van der Waals surface area contributed by atoms with Crippen molar-refractivity contribution in [2.75, 3.05) is 5.32 Å². The van der Waals surface area contributed by atoms with Crippen LogP contribution in [0.4, 0.5) is 5.69 Å². The molecule has 0 amide bonds. The van der Waals surface area contributed by atoms with Crippen LogP contribution in [0.5, 0.6) is 0 Å². The van der Waals surface area contributed by atoms with E-state index in [9.17, 15) is 0 Å². The first kappa shape index (κ1) is 12.3. The fourth-order valence-corrected chi connectivity index (χ4v) is 2.66. The van der Waals surface area contributed by atoms with E-state index in [1.54, 1.807) is 0 Å². The number of benzene rings is 2. The lowest BCUT2D eigenvalue weighted by Gasteiger charge is -2.09. The second kappa shape index (κ2) is 5.10. The quantitative estimate of drug-likeness (QED) is 0.710. The highest BCUT2D eigenvalue weighted by atomic mass is 79.9. The highest BCUT2D eigenvalue weighted by Crippen LogP contribution is 2.27. The molecule has 1 heterocycles. The average Bonchev–Trinajstić information content (AvgIpc) is 2.84. The molecular weight excluding hydrogens is 300 g/mol. The fourth-order valence-electron chi connectivity index (χ4n) is 2.25. The molecule has 0 aliphatic rings. The Kier molecular flexibility index (Phi) is 3.30. The maximum atomic E-state index is 3.62. The number of anilines is 1. The number of hydrogen-bond donors (Lipinski definition) is 2. The highest BCUT2D eigenvalue weighted by molar-refractivity contribution is 9.10. The van der Waals surface area contributed by atoms with Crippen molar-refractivity contribution >= 4 is 32.5 Å². The van der Waals surface area contributed by atoms with E-state index in [1.165, 1.54) is 22.0 Å². The van der Waals surface area contributed by atoms with Gasteiger partial charge in [0.2, 0.25) is 0 Å². The van der Waals surface area contributed by atoms with Crippen molar-refractivity contribution < 1.29 is 0 Å². The van der Waals surface area contributed by atoms with E-state index in [1.807, 2.05) is 6.07 Å². The standard InChI is InChI=1S/C16H15BrN2/c1-11-5-4-8-15(16(11)17)19-10-12-9-18-14-7-3-2-6-13(12)14/h2-9,18-19H,10H2,1H3. The Morgan fingerprint density at radius 2 is 1.95 bits per heavy atom. The van der Waals surface area contributed by atoms with E-state index < -0.39 is 0 Å². The third-order valence-corrected chi connectivity index (χ3v) is 4.39. The van der Waals surface area contributed by atoms with Gasteiger partial charge in [-0.15, -0.1) is 0 Å². The molecule has 2 N–H and O–H groups in total. The first-order valence-electron chi connectivity index (χ1n) is 6.29. The molecule has 0 fully saturated rings. The van der Waals surface area contributed by atoms with Gasteiger partial charge in [-0.1, -0.05) is 30.3 Å². The minimum absolute atomic E-state index is 0.812. The minimum atomic E-state index is 0.812. The second-order valence-electron chi connectivity index (χ2n) is 4.65. The Labute approximate surface area is 121 Å². The third kappa shape index (κ3) is 2.38. The van der Waals surface area contributed by atoms with Crippen molar-refractivity contribution in [3.63, 3.8) is 0 Å². The maximum Gasteiger partial charge on any atom is 0.0490 e. The number of aromatic amines is 1. The molecule has 19 heavy (non-hydrogen) atoms. The summed E-state index contributed by atoms with van der Waals surface area (Å²) in [4.78, 5) is 3.30. The van der Waals surface area contributed by atoms with Crippen molar-refractivity contribution in [2.45, 2.75) is 13.5 Å². The van der Waals surface area contributed by atoms with Crippen LogP contribution in [-0.4, -0.2) is 4.98 Å². The lowest BCUT2D eigenvalue weighted by atomic mass is 10.1. The maximum absolute atomic E-state index is 3.62. The predicted molar refractivity (Wildman–Crippen MR) is 84.5 cm³/mol. The molecule has 0 aliphatic heterocycles. The van der Waals surface area contributed by atoms with Crippen LogP contribution in [0.15, 0.2) is 53.1 Å². The molecule has 3 aromatic rings. The van der Waals surface area contributed by atoms with Crippen molar-refractivity contribution in [2.24, 2.45) is 0 Å². The van der Waals surface area contributed by atoms with Gasteiger partial charge in [0.1, 0.15) is 0 Å². The smallest absolute Gasteiger partial charge is 0.0490 e. The molecule has 1 aromatic heterocycles. The normalized spacial score (nSPS) is 10.8. The molecule has 0 unspecified atom stereocenters. The van der Waals surface area contributed by atoms with E-state index in [0.29, 0.717) is 0 Å². The minimum Gasteiger partial charge on any atom is -0.380 e. The van der Waals surface area contributed by atoms with E-state index in [-0.39, 0.29) is 0 Å². The van der Waals surface area contributed by atoms with E-state index in [0.717, 1.165) is 16.7 Å². The number of H-pyrrole nitrogens is 1. The zero-order chi connectivity index (χ0) is 13.2. The lowest BCUT2D eigenvalue weighted by Crippen LogP contribution is -1.99. The second-order valence-corrected chi connectivity index (χ2v) is 5.44. The molecule has 3 heteroatoms. The van der Waals surface area contributed by atoms with Crippen LogP contribution >= 0.6 is 15.9 Å². The van der Waals surface area contributed by atoms with Crippen LogP contribution in [0, 0.1) is 6.92 Å². The fraction of sp³-hybridized carbons (Fsp3) is 0.125. The molecule has 0 spiro atoms. The molecule has 96 valence electrons. The molecule has 0 saturated heterocycles. The Balaban J connectivity index is 1.84. The summed E-state index contributed by atoms with van der Waals surface area (Å²) in [6.07, 6.45) is 2.07.